The van der Waals surface area contributed by atoms with E-state index in [4.69, 9.17) is 0 Å². The van der Waals surface area contributed by atoms with E-state index in [0.717, 1.165) is 18.9 Å². The van der Waals surface area contributed by atoms with Gasteiger partial charge in [-0.05, 0) is 41.7 Å². The van der Waals surface area contributed by atoms with Crippen molar-refractivity contribution in [3.05, 3.63) is 41.7 Å². The van der Waals surface area contributed by atoms with Crippen LogP contribution in [0, 0.1) is 0 Å². The number of aromatic nitrogens is 4. The number of nitrogens with zero attached hydrogens (tertiary/aromatic N) is 5. The lowest BCUT2D eigenvalue weighted by Gasteiger charge is -2.21. The van der Waals surface area contributed by atoms with Crippen LogP contribution in [0.4, 0.5) is 0 Å². The monoisotopic (exact) mass is 269 g/mol. The standard InChI is InChI=1S/C15H19N5/c1-2-4-12(5-3-1)10-19(13-6-7-13)11-15-16-17-18-20(15)14-8-9-14/h1-5,13-14H,6-11H2. The first kappa shape index (κ1) is 12.0. The molecule has 104 valence electrons. The fraction of sp³-hybridized carbons (Fsp3) is 0.533. The van der Waals surface area contributed by atoms with Gasteiger partial charge >= 0.3 is 0 Å². The molecule has 2 aliphatic carbocycles. The summed E-state index contributed by atoms with van der Waals surface area (Å²) in [6.45, 7) is 1.85. The highest BCUT2D eigenvalue weighted by molar-refractivity contribution is 5.15. The zero-order valence-corrected chi connectivity index (χ0v) is 11.5. The summed E-state index contributed by atoms with van der Waals surface area (Å²) in [6, 6.07) is 11.9. The van der Waals surface area contributed by atoms with Crippen molar-refractivity contribution in [2.45, 2.75) is 50.9 Å². The highest BCUT2D eigenvalue weighted by Gasteiger charge is 2.32. The van der Waals surface area contributed by atoms with Crippen LogP contribution >= 0.6 is 0 Å². The van der Waals surface area contributed by atoms with E-state index in [2.05, 4.69) is 50.8 Å². The van der Waals surface area contributed by atoms with Gasteiger partial charge in [0.15, 0.2) is 5.82 Å². The van der Waals surface area contributed by atoms with E-state index >= 15 is 0 Å². The molecule has 2 aliphatic rings. The lowest BCUT2D eigenvalue weighted by atomic mass is 10.2. The number of hydrogen-bond donors (Lipinski definition) is 0. The summed E-state index contributed by atoms with van der Waals surface area (Å²) in [5, 5.41) is 12.2. The van der Waals surface area contributed by atoms with Gasteiger partial charge in [0.2, 0.25) is 0 Å². The van der Waals surface area contributed by atoms with E-state index in [1.165, 1.54) is 31.2 Å². The number of benzene rings is 1. The first-order valence-corrected chi connectivity index (χ1v) is 7.45. The van der Waals surface area contributed by atoms with Crippen LogP contribution in [-0.2, 0) is 13.1 Å². The van der Waals surface area contributed by atoms with Crippen molar-refractivity contribution in [2.75, 3.05) is 0 Å². The molecular weight excluding hydrogens is 250 g/mol. The minimum atomic E-state index is 0.553. The highest BCUT2D eigenvalue weighted by atomic mass is 15.6. The first-order valence-electron chi connectivity index (χ1n) is 7.45. The summed E-state index contributed by atoms with van der Waals surface area (Å²) in [4.78, 5) is 2.51. The third-order valence-corrected chi connectivity index (χ3v) is 4.09. The normalized spacial score (nSPS) is 18.6. The molecule has 5 heteroatoms. The molecule has 0 bridgehead atoms. The van der Waals surface area contributed by atoms with Gasteiger partial charge in [0.05, 0.1) is 12.6 Å². The zero-order valence-electron chi connectivity index (χ0n) is 11.5. The quantitative estimate of drug-likeness (QED) is 0.806. The second kappa shape index (κ2) is 4.98. The number of rotatable bonds is 6. The molecule has 0 aliphatic heterocycles. The molecule has 0 N–H and O–H groups in total. The Hall–Kier alpha value is -1.75. The molecule has 0 saturated heterocycles. The summed E-state index contributed by atoms with van der Waals surface area (Å²) in [6.07, 6.45) is 5.05. The average Bonchev–Trinajstić information content (AvgIpc) is 3.39. The summed E-state index contributed by atoms with van der Waals surface area (Å²) in [5.41, 5.74) is 1.37. The van der Waals surface area contributed by atoms with Crippen molar-refractivity contribution >= 4 is 0 Å². The Balaban J connectivity index is 1.50. The van der Waals surface area contributed by atoms with E-state index in [0.29, 0.717) is 12.1 Å². The minimum absolute atomic E-state index is 0.553. The maximum Gasteiger partial charge on any atom is 0.165 e. The van der Waals surface area contributed by atoms with Crippen LogP contribution in [0.2, 0.25) is 0 Å². The zero-order chi connectivity index (χ0) is 13.4. The van der Waals surface area contributed by atoms with Gasteiger partial charge in [-0.15, -0.1) is 5.10 Å². The highest BCUT2D eigenvalue weighted by Crippen LogP contribution is 2.35. The molecule has 5 nitrogen and oxygen atoms in total. The largest absolute Gasteiger partial charge is 0.289 e. The summed E-state index contributed by atoms with van der Waals surface area (Å²) in [5.74, 6) is 1.02. The van der Waals surface area contributed by atoms with E-state index < -0.39 is 0 Å². The molecule has 2 aromatic rings. The van der Waals surface area contributed by atoms with Crippen LogP contribution in [0.15, 0.2) is 30.3 Å². The van der Waals surface area contributed by atoms with Crippen LogP contribution in [0.3, 0.4) is 0 Å². The Morgan fingerprint density at radius 1 is 1.05 bits per heavy atom. The van der Waals surface area contributed by atoms with Gasteiger partial charge in [0.25, 0.3) is 0 Å². The molecular formula is C15H19N5. The van der Waals surface area contributed by atoms with Crippen molar-refractivity contribution < 1.29 is 0 Å². The topological polar surface area (TPSA) is 46.8 Å². The lowest BCUT2D eigenvalue weighted by Crippen LogP contribution is -2.27. The van der Waals surface area contributed by atoms with E-state index in [1.54, 1.807) is 0 Å². The molecule has 2 saturated carbocycles. The van der Waals surface area contributed by atoms with Crippen molar-refractivity contribution in [1.82, 2.24) is 25.1 Å². The fourth-order valence-corrected chi connectivity index (χ4v) is 2.67. The van der Waals surface area contributed by atoms with Gasteiger partial charge < -0.3 is 0 Å². The Morgan fingerprint density at radius 3 is 2.55 bits per heavy atom. The summed E-state index contributed by atoms with van der Waals surface area (Å²) >= 11 is 0. The molecule has 1 heterocycles. The van der Waals surface area contributed by atoms with Crippen LogP contribution in [-0.4, -0.2) is 31.1 Å². The second-order valence-corrected chi connectivity index (χ2v) is 5.89. The third kappa shape index (κ3) is 2.58. The maximum absolute atomic E-state index is 4.23. The molecule has 0 unspecified atom stereocenters. The number of tetrazole rings is 1. The van der Waals surface area contributed by atoms with Crippen molar-refractivity contribution in [3.63, 3.8) is 0 Å². The van der Waals surface area contributed by atoms with Gasteiger partial charge in [-0.3, -0.25) is 4.90 Å². The predicted molar refractivity (Wildman–Crippen MR) is 74.8 cm³/mol. The van der Waals surface area contributed by atoms with Gasteiger partial charge in [-0.1, -0.05) is 30.3 Å². The molecule has 0 amide bonds. The van der Waals surface area contributed by atoms with Gasteiger partial charge in [0, 0.05) is 12.6 Å². The van der Waals surface area contributed by atoms with E-state index in [9.17, 15) is 0 Å². The van der Waals surface area contributed by atoms with Crippen LogP contribution < -0.4 is 0 Å². The Labute approximate surface area is 118 Å². The van der Waals surface area contributed by atoms with E-state index in [-0.39, 0.29) is 0 Å². The molecule has 20 heavy (non-hydrogen) atoms. The molecule has 2 fully saturated rings. The predicted octanol–water partition coefficient (Wildman–Crippen LogP) is 2.17. The fourth-order valence-electron chi connectivity index (χ4n) is 2.67. The first-order chi connectivity index (χ1) is 9.90. The van der Waals surface area contributed by atoms with E-state index in [1.807, 2.05) is 4.68 Å². The van der Waals surface area contributed by atoms with Crippen molar-refractivity contribution in [1.29, 1.82) is 0 Å². The summed E-state index contributed by atoms with van der Waals surface area (Å²) in [7, 11) is 0. The molecule has 0 spiro atoms. The van der Waals surface area contributed by atoms with Crippen molar-refractivity contribution in [2.24, 2.45) is 0 Å². The molecule has 1 aromatic carbocycles. The lowest BCUT2D eigenvalue weighted by molar-refractivity contribution is 0.234. The van der Waals surface area contributed by atoms with Gasteiger partial charge in [-0.2, -0.15) is 0 Å². The molecule has 0 radical (unpaired) electrons. The molecule has 0 atom stereocenters. The van der Waals surface area contributed by atoms with Crippen LogP contribution in [0.5, 0.6) is 0 Å². The second-order valence-electron chi connectivity index (χ2n) is 5.89. The van der Waals surface area contributed by atoms with Crippen molar-refractivity contribution in [3.8, 4) is 0 Å². The smallest absolute Gasteiger partial charge is 0.165 e. The molecule has 4 rings (SSSR count). The average molecular weight is 269 g/mol. The Morgan fingerprint density at radius 2 is 1.85 bits per heavy atom. The Kier molecular flexibility index (Phi) is 2.99. The summed E-state index contributed by atoms with van der Waals surface area (Å²) < 4.78 is 2.03. The SMILES string of the molecule is c1ccc(CN(Cc2nnnn2C2CC2)C2CC2)cc1. The maximum atomic E-state index is 4.23. The number of hydrogen-bond acceptors (Lipinski definition) is 4. The van der Waals surface area contributed by atoms with Crippen LogP contribution in [0.25, 0.3) is 0 Å². The Bertz CT molecular complexity index is 571. The minimum Gasteiger partial charge on any atom is -0.289 e. The third-order valence-electron chi connectivity index (χ3n) is 4.09. The van der Waals surface area contributed by atoms with Crippen LogP contribution in [0.1, 0.15) is 43.1 Å². The van der Waals surface area contributed by atoms with Gasteiger partial charge in [0.1, 0.15) is 0 Å². The van der Waals surface area contributed by atoms with Gasteiger partial charge in [-0.25, -0.2) is 4.68 Å². The molecule has 1 aromatic heterocycles.